The molecule has 1 aliphatic heterocycles. The maximum absolute atomic E-state index is 13.1. The first-order valence-corrected chi connectivity index (χ1v) is 9.07. The molecule has 5 heteroatoms. The molecule has 0 aliphatic carbocycles. The lowest BCUT2D eigenvalue weighted by Gasteiger charge is -2.34. The number of carbonyl (C=O) groups excluding carboxylic acids is 2. The molecule has 4 rings (SSSR count). The number of hydrogen-bond donors (Lipinski definition) is 1. The Morgan fingerprint density at radius 2 is 1.64 bits per heavy atom. The summed E-state index contributed by atoms with van der Waals surface area (Å²) in [6.45, 7) is 0. The lowest BCUT2D eigenvalue weighted by Crippen LogP contribution is -2.39. The zero-order chi connectivity index (χ0) is 19.3. The fourth-order valence-electron chi connectivity index (χ4n) is 3.19. The second kappa shape index (κ2) is 7.88. The maximum Gasteiger partial charge on any atom is 0.278 e. The van der Waals surface area contributed by atoms with Gasteiger partial charge in [-0.3, -0.25) is 9.59 Å². The Balaban J connectivity index is 1.61. The number of aldehydes is 1. The zero-order valence-corrected chi connectivity index (χ0v) is 15.2. The van der Waals surface area contributed by atoms with Crippen molar-refractivity contribution in [1.82, 2.24) is 5.01 Å². The van der Waals surface area contributed by atoms with Crippen molar-refractivity contribution in [3.05, 3.63) is 101 Å². The van der Waals surface area contributed by atoms with Crippen LogP contribution in [0.15, 0.2) is 84.0 Å². The van der Waals surface area contributed by atoms with Crippen molar-refractivity contribution in [2.45, 2.75) is 12.6 Å². The monoisotopic (exact) mass is 369 g/mol. The van der Waals surface area contributed by atoms with E-state index in [9.17, 15) is 9.59 Å². The third-order valence-corrected chi connectivity index (χ3v) is 4.67. The maximum atomic E-state index is 13.1. The normalized spacial score (nSPS) is 15.9. The number of fused-ring (bicyclic) bond motifs is 1. The average molecular weight is 369 g/mol. The van der Waals surface area contributed by atoms with Gasteiger partial charge in [0.05, 0.1) is 5.56 Å². The van der Waals surface area contributed by atoms with Crippen LogP contribution in [0.5, 0.6) is 0 Å². The van der Waals surface area contributed by atoms with Crippen LogP contribution in [0.2, 0.25) is 0 Å². The van der Waals surface area contributed by atoms with Crippen LogP contribution in [-0.4, -0.2) is 23.4 Å². The summed E-state index contributed by atoms with van der Waals surface area (Å²) in [6, 6.07) is 24.5. The summed E-state index contributed by atoms with van der Waals surface area (Å²) < 4.78 is 0. The standard InChI is InChI=1S/C23H19N3O2/c27-16-18-12-10-17(11-13-18)14-15-24-26-22(19-6-2-1-3-7-19)25-21-9-5-4-8-20(21)23(26)28/h1-13,15-16,22,25H,14H2. The Kier molecular flexibility index (Phi) is 4.97. The molecular weight excluding hydrogens is 350 g/mol. The van der Waals surface area contributed by atoms with E-state index in [1.165, 1.54) is 5.01 Å². The molecule has 3 aromatic carbocycles. The molecule has 0 aromatic heterocycles. The summed E-state index contributed by atoms with van der Waals surface area (Å²) in [5.74, 6) is -0.143. The summed E-state index contributed by atoms with van der Waals surface area (Å²) in [5.41, 5.74) is 4.01. The number of benzene rings is 3. The predicted octanol–water partition coefficient (Wildman–Crippen LogP) is 4.29. The molecule has 1 N–H and O–H groups in total. The van der Waals surface area contributed by atoms with E-state index in [0.29, 0.717) is 17.5 Å². The van der Waals surface area contributed by atoms with E-state index in [-0.39, 0.29) is 12.1 Å². The molecular formula is C23H19N3O2. The van der Waals surface area contributed by atoms with E-state index in [4.69, 9.17) is 0 Å². The van der Waals surface area contributed by atoms with Gasteiger partial charge in [0.25, 0.3) is 5.91 Å². The van der Waals surface area contributed by atoms with Gasteiger partial charge < -0.3 is 5.32 Å². The quantitative estimate of drug-likeness (QED) is 0.539. The summed E-state index contributed by atoms with van der Waals surface area (Å²) in [5, 5.41) is 9.38. The van der Waals surface area contributed by atoms with Gasteiger partial charge in [-0.2, -0.15) is 5.10 Å². The second-order valence-corrected chi connectivity index (χ2v) is 6.51. The molecule has 0 fully saturated rings. The lowest BCUT2D eigenvalue weighted by molar-refractivity contribution is 0.0690. The molecule has 1 heterocycles. The molecule has 1 atom stereocenters. The number of anilines is 1. The smallest absolute Gasteiger partial charge is 0.278 e. The van der Waals surface area contributed by atoms with Crippen molar-refractivity contribution in [2.75, 3.05) is 5.32 Å². The summed E-state index contributed by atoms with van der Waals surface area (Å²) in [6.07, 6.45) is 2.72. The molecule has 5 nitrogen and oxygen atoms in total. The highest BCUT2D eigenvalue weighted by Gasteiger charge is 2.32. The molecule has 3 aromatic rings. The van der Waals surface area contributed by atoms with Crippen molar-refractivity contribution < 1.29 is 9.59 Å². The number of para-hydroxylation sites is 1. The van der Waals surface area contributed by atoms with Crippen LogP contribution >= 0.6 is 0 Å². The van der Waals surface area contributed by atoms with Gasteiger partial charge in [-0.1, -0.05) is 66.7 Å². The van der Waals surface area contributed by atoms with Crippen molar-refractivity contribution in [3.8, 4) is 0 Å². The number of hydrogen-bond acceptors (Lipinski definition) is 4. The third-order valence-electron chi connectivity index (χ3n) is 4.67. The molecule has 28 heavy (non-hydrogen) atoms. The van der Waals surface area contributed by atoms with E-state index < -0.39 is 0 Å². The molecule has 0 radical (unpaired) electrons. The fourth-order valence-corrected chi connectivity index (χ4v) is 3.19. The molecule has 0 saturated carbocycles. The van der Waals surface area contributed by atoms with Gasteiger partial charge in [-0.15, -0.1) is 0 Å². The Bertz CT molecular complexity index is 1010. The number of nitrogens with zero attached hydrogens (tertiary/aromatic N) is 2. The molecule has 138 valence electrons. The SMILES string of the molecule is O=Cc1ccc(CC=NN2C(=O)c3ccccc3NC2c2ccccc2)cc1. The molecule has 1 amide bonds. The highest BCUT2D eigenvalue weighted by atomic mass is 16.2. The first kappa shape index (κ1) is 17.7. The Hall–Kier alpha value is -3.73. The van der Waals surface area contributed by atoms with Crippen molar-refractivity contribution in [3.63, 3.8) is 0 Å². The molecule has 0 saturated heterocycles. The van der Waals surface area contributed by atoms with E-state index in [1.807, 2.05) is 60.7 Å². The van der Waals surface area contributed by atoms with E-state index in [0.717, 1.165) is 23.1 Å². The van der Waals surface area contributed by atoms with Gasteiger partial charge >= 0.3 is 0 Å². The van der Waals surface area contributed by atoms with E-state index in [1.54, 1.807) is 24.4 Å². The van der Waals surface area contributed by atoms with Crippen molar-refractivity contribution in [2.24, 2.45) is 5.10 Å². The summed E-state index contributed by atoms with van der Waals surface area (Å²) in [4.78, 5) is 23.8. The number of rotatable bonds is 5. The second-order valence-electron chi connectivity index (χ2n) is 6.51. The van der Waals surface area contributed by atoms with E-state index >= 15 is 0 Å². The Morgan fingerprint density at radius 1 is 0.929 bits per heavy atom. The van der Waals surface area contributed by atoms with Gasteiger partial charge in [-0.25, -0.2) is 5.01 Å². The molecule has 1 unspecified atom stereocenters. The van der Waals surface area contributed by atoms with E-state index in [2.05, 4.69) is 10.4 Å². The molecule has 1 aliphatic rings. The molecule has 0 spiro atoms. The van der Waals surface area contributed by atoms with Gasteiger partial charge in [0, 0.05) is 23.9 Å². The van der Waals surface area contributed by atoms with Gasteiger partial charge in [0.15, 0.2) is 6.17 Å². The first-order valence-electron chi connectivity index (χ1n) is 9.07. The van der Waals surface area contributed by atoms with Crippen LogP contribution in [0.25, 0.3) is 0 Å². The summed E-state index contributed by atoms with van der Waals surface area (Å²) in [7, 11) is 0. The third kappa shape index (κ3) is 3.55. The average Bonchev–Trinajstić information content (AvgIpc) is 2.76. The predicted molar refractivity (Wildman–Crippen MR) is 109 cm³/mol. The topological polar surface area (TPSA) is 61.8 Å². The van der Waals surface area contributed by atoms with Crippen LogP contribution in [0, 0.1) is 0 Å². The first-order chi connectivity index (χ1) is 13.8. The van der Waals surface area contributed by atoms with Crippen LogP contribution in [0.3, 0.4) is 0 Å². The lowest BCUT2D eigenvalue weighted by atomic mass is 10.1. The van der Waals surface area contributed by atoms with Crippen LogP contribution in [0.1, 0.15) is 38.0 Å². The van der Waals surface area contributed by atoms with Crippen LogP contribution in [-0.2, 0) is 6.42 Å². The van der Waals surface area contributed by atoms with Gasteiger partial charge in [-0.05, 0) is 23.3 Å². The number of amides is 1. The Labute approximate surface area is 163 Å². The number of carbonyl (C=O) groups is 2. The Morgan fingerprint density at radius 3 is 2.39 bits per heavy atom. The minimum absolute atomic E-state index is 0.143. The number of hydrazone groups is 1. The van der Waals surface area contributed by atoms with Crippen LogP contribution in [0.4, 0.5) is 5.69 Å². The van der Waals surface area contributed by atoms with Crippen LogP contribution < -0.4 is 5.32 Å². The van der Waals surface area contributed by atoms with Gasteiger partial charge in [0.2, 0.25) is 0 Å². The summed E-state index contributed by atoms with van der Waals surface area (Å²) >= 11 is 0. The minimum Gasteiger partial charge on any atom is -0.359 e. The van der Waals surface area contributed by atoms with Crippen molar-refractivity contribution in [1.29, 1.82) is 0 Å². The largest absolute Gasteiger partial charge is 0.359 e. The minimum atomic E-state index is -0.378. The van der Waals surface area contributed by atoms with Crippen molar-refractivity contribution >= 4 is 24.1 Å². The highest BCUT2D eigenvalue weighted by Crippen LogP contribution is 2.33. The number of nitrogens with one attached hydrogen (secondary N) is 1. The molecule has 0 bridgehead atoms. The highest BCUT2D eigenvalue weighted by molar-refractivity contribution is 6.01. The van der Waals surface area contributed by atoms with Gasteiger partial charge in [0.1, 0.15) is 6.29 Å². The fraction of sp³-hybridized carbons (Fsp3) is 0.0870. The zero-order valence-electron chi connectivity index (χ0n) is 15.2.